The van der Waals surface area contributed by atoms with Gasteiger partial charge in [0.2, 0.25) is 17.7 Å². The summed E-state index contributed by atoms with van der Waals surface area (Å²) in [6.07, 6.45) is 7.19. The summed E-state index contributed by atoms with van der Waals surface area (Å²) in [6, 6.07) is -1.19. The SMILES string of the molecule is C=CCN(C)C(=O)[C@@H]1[C@H]2C(=O)N([C@@H](CO)C(C)C)C(C(=O)N(CC=C)CCCCC)C23S[C@@H]1CC3C. The van der Waals surface area contributed by atoms with Gasteiger partial charge in [0.25, 0.3) is 0 Å². The molecule has 202 valence electrons. The van der Waals surface area contributed by atoms with E-state index in [-0.39, 0.29) is 41.4 Å². The molecule has 2 bridgehead atoms. The average Bonchev–Trinajstić information content (AvgIpc) is 3.42. The molecule has 0 aromatic rings. The molecule has 0 radical (unpaired) electrons. The van der Waals surface area contributed by atoms with Crippen molar-refractivity contribution in [1.82, 2.24) is 14.7 Å². The van der Waals surface area contributed by atoms with Crippen LogP contribution in [0.15, 0.2) is 25.3 Å². The average molecular weight is 520 g/mol. The fourth-order valence-corrected chi connectivity index (χ4v) is 9.10. The molecule has 0 aliphatic carbocycles. The van der Waals surface area contributed by atoms with Crippen LogP contribution in [0.2, 0.25) is 0 Å². The Labute approximate surface area is 221 Å². The third kappa shape index (κ3) is 4.64. The van der Waals surface area contributed by atoms with Gasteiger partial charge in [-0.1, -0.05) is 52.7 Å². The second-order valence-electron chi connectivity index (χ2n) is 11.1. The van der Waals surface area contributed by atoms with Crippen LogP contribution < -0.4 is 0 Å². The fourth-order valence-electron chi connectivity index (χ4n) is 6.71. The number of thioether (sulfide) groups is 1. The zero-order valence-corrected chi connectivity index (χ0v) is 23.5. The lowest BCUT2D eigenvalue weighted by atomic mass is 9.65. The summed E-state index contributed by atoms with van der Waals surface area (Å²) in [7, 11) is 1.75. The standard InChI is InChI=1S/C28H45N3O4S/c1-8-11-12-15-30(14-10-3)27(35)24-28-19(6)16-21(36-28)22(25(33)29(7)13-9-2)23(28)26(34)31(24)20(17-32)18(4)5/h9-10,18-24,32H,2-3,8,11-17H2,1,4-7H3/t19?,20-,21+,22-,23-,24?,28?/m0/s1. The number of carbonyl (C=O) groups excluding carboxylic acids is 3. The molecular formula is C28H45N3O4S. The number of likely N-dealkylation sites (tertiary alicyclic amines) is 1. The van der Waals surface area contributed by atoms with E-state index in [1.54, 1.807) is 40.8 Å². The van der Waals surface area contributed by atoms with Crippen LogP contribution in [0.25, 0.3) is 0 Å². The van der Waals surface area contributed by atoms with E-state index in [1.165, 1.54) is 0 Å². The predicted octanol–water partition coefficient (Wildman–Crippen LogP) is 3.19. The number of nitrogens with zero attached hydrogens (tertiary/aromatic N) is 3. The Bertz CT molecular complexity index is 864. The highest BCUT2D eigenvalue weighted by Gasteiger charge is 2.77. The lowest BCUT2D eigenvalue weighted by Crippen LogP contribution is -2.60. The van der Waals surface area contributed by atoms with Crippen LogP contribution >= 0.6 is 11.8 Å². The van der Waals surface area contributed by atoms with Gasteiger partial charge in [-0.15, -0.1) is 24.9 Å². The van der Waals surface area contributed by atoms with Crippen LogP contribution in [0.5, 0.6) is 0 Å². The maximum atomic E-state index is 14.4. The third-order valence-electron chi connectivity index (χ3n) is 8.49. The molecule has 8 heteroatoms. The van der Waals surface area contributed by atoms with E-state index in [1.807, 2.05) is 18.7 Å². The van der Waals surface area contributed by atoms with Crippen molar-refractivity contribution in [3.8, 4) is 0 Å². The topological polar surface area (TPSA) is 81.2 Å². The molecule has 36 heavy (non-hydrogen) atoms. The number of fused-ring (bicyclic) bond motifs is 1. The van der Waals surface area contributed by atoms with Gasteiger partial charge in [-0.25, -0.2) is 0 Å². The van der Waals surface area contributed by atoms with Gasteiger partial charge in [0.15, 0.2) is 0 Å². The van der Waals surface area contributed by atoms with Crippen molar-refractivity contribution in [3.05, 3.63) is 25.3 Å². The summed E-state index contributed by atoms with van der Waals surface area (Å²) in [5.74, 6) is -1.26. The maximum Gasteiger partial charge on any atom is 0.247 e. The van der Waals surface area contributed by atoms with Gasteiger partial charge in [0, 0.05) is 31.9 Å². The minimum atomic E-state index is -0.705. The third-order valence-corrected chi connectivity index (χ3v) is 10.6. The van der Waals surface area contributed by atoms with Gasteiger partial charge in [-0.2, -0.15) is 0 Å². The van der Waals surface area contributed by atoms with Crippen LogP contribution in [0.4, 0.5) is 0 Å². The monoisotopic (exact) mass is 519 g/mol. The molecule has 3 rings (SSSR count). The molecule has 1 N–H and O–H groups in total. The smallest absolute Gasteiger partial charge is 0.247 e. The Morgan fingerprint density at radius 1 is 1.22 bits per heavy atom. The van der Waals surface area contributed by atoms with E-state index in [9.17, 15) is 19.5 Å². The molecule has 3 saturated heterocycles. The molecule has 3 unspecified atom stereocenters. The summed E-state index contributed by atoms with van der Waals surface area (Å²) < 4.78 is -0.680. The molecule has 0 saturated carbocycles. The lowest BCUT2D eigenvalue weighted by Gasteiger charge is -2.43. The molecular weight excluding hydrogens is 474 g/mol. The Hall–Kier alpha value is -1.80. The van der Waals surface area contributed by atoms with E-state index >= 15 is 0 Å². The molecule has 3 heterocycles. The molecule has 0 aromatic carbocycles. The second kappa shape index (κ2) is 11.7. The highest BCUT2D eigenvalue weighted by molar-refractivity contribution is 8.02. The van der Waals surface area contributed by atoms with Crippen molar-refractivity contribution in [3.63, 3.8) is 0 Å². The highest BCUT2D eigenvalue weighted by atomic mass is 32.2. The number of likely N-dealkylation sites (N-methyl/N-ethyl adjacent to an activating group) is 1. The number of unbranched alkanes of at least 4 members (excludes halogenated alkanes) is 2. The van der Waals surface area contributed by atoms with E-state index in [4.69, 9.17) is 0 Å². The van der Waals surface area contributed by atoms with Crippen molar-refractivity contribution in [1.29, 1.82) is 0 Å². The Balaban J connectivity index is 2.11. The first-order valence-corrected chi connectivity index (χ1v) is 14.4. The lowest BCUT2D eigenvalue weighted by molar-refractivity contribution is -0.147. The quantitative estimate of drug-likeness (QED) is 0.299. The first kappa shape index (κ1) is 28.8. The van der Waals surface area contributed by atoms with Crippen molar-refractivity contribution >= 4 is 29.5 Å². The minimum absolute atomic E-state index is 0.00531. The van der Waals surface area contributed by atoms with Crippen molar-refractivity contribution in [2.75, 3.05) is 33.3 Å². The first-order chi connectivity index (χ1) is 17.1. The maximum absolute atomic E-state index is 14.4. The van der Waals surface area contributed by atoms with E-state index in [2.05, 4.69) is 27.0 Å². The minimum Gasteiger partial charge on any atom is -0.394 e. The summed E-state index contributed by atoms with van der Waals surface area (Å²) in [5.41, 5.74) is 0. The number of hydrogen-bond donors (Lipinski definition) is 1. The van der Waals surface area contributed by atoms with Crippen molar-refractivity contribution < 1.29 is 19.5 Å². The largest absolute Gasteiger partial charge is 0.394 e. The predicted molar refractivity (Wildman–Crippen MR) is 145 cm³/mol. The summed E-state index contributed by atoms with van der Waals surface area (Å²) >= 11 is 1.69. The second-order valence-corrected chi connectivity index (χ2v) is 12.6. The van der Waals surface area contributed by atoms with Gasteiger partial charge in [-0.3, -0.25) is 14.4 Å². The van der Waals surface area contributed by atoms with Crippen LogP contribution in [0.1, 0.15) is 53.4 Å². The molecule has 7 atom stereocenters. The molecule has 3 fully saturated rings. The Morgan fingerprint density at radius 3 is 2.44 bits per heavy atom. The van der Waals surface area contributed by atoms with E-state index in [0.717, 1.165) is 25.7 Å². The Morgan fingerprint density at radius 2 is 1.89 bits per heavy atom. The summed E-state index contributed by atoms with van der Waals surface area (Å²) in [6.45, 7) is 17.1. The van der Waals surface area contributed by atoms with Gasteiger partial charge in [0.1, 0.15) is 6.04 Å². The van der Waals surface area contributed by atoms with Crippen LogP contribution in [-0.4, -0.2) is 92.9 Å². The zero-order valence-electron chi connectivity index (χ0n) is 22.7. The normalized spacial score (nSPS) is 31.5. The molecule has 1 spiro atoms. The molecule has 3 aliphatic rings. The Kier molecular flexibility index (Phi) is 9.36. The number of aliphatic hydroxyl groups excluding tert-OH is 1. The molecule has 0 aromatic heterocycles. The zero-order chi connectivity index (χ0) is 26.8. The summed E-state index contributed by atoms with van der Waals surface area (Å²) in [4.78, 5) is 47.5. The molecule has 3 amide bonds. The van der Waals surface area contributed by atoms with Gasteiger partial charge >= 0.3 is 0 Å². The number of amides is 3. The van der Waals surface area contributed by atoms with Crippen molar-refractivity contribution in [2.45, 2.75) is 75.5 Å². The number of aliphatic hydroxyl groups is 1. The van der Waals surface area contributed by atoms with Crippen LogP contribution in [0.3, 0.4) is 0 Å². The number of carbonyl (C=O) groups is 3. The van der Waals surface area contributed by atoms with Crippen LogP contribution in [-0.2, 0) is 14.4 Å². The van der Waals surface area contributed by atoms with Gasteiger partial charge < -0.3 is 19.8 Å². The van der Waals surface area contributed by atoms with Crippen molar-refractivity contribution in [2.24, 2.45) is 23.7 Å². The number of rotatable bonds is 13. The fraction of sp³-hybridized carbons (Fsp3) is 0.750. The molecule has 7 nitrogen and oxygen atoms in total. The van der Waals surface area contributed by atoms with E-state index in [0.29, 0.717) is 19.6 Å². The van der Waals surface area contributed by atoms with E-state index < -0.39 is 28.7 Å². The summed E-state index contributed by atoms with van der Waals surface area (Å²) in [5, 5.41) is 10.4. The molecule has 3 aliphatic heterocycles. The highest BCUT2D eigenvalue weighted by Crippen LogP contribution is 2.69. The number of hydrogen-bond acceptors (Lipinski definition) is 5. The first-order valence-electron chi connectivity index (χ1n) is 13.5. The van der Waals surface area contributed by atoms with Gasteiger partial charge in [-0.05, 0) is 24.7 Å². The van der Waals surface area contributed by atoms with Gasteiger partial charge in [0.05, 0.1) is 29.2 Å². The van der Waals surface area contributed by atoms with Crippen LogP contribution in [0, 0.1) is 23.7 Å².